The van der Waals surface area contributed by atoms with Crippen LogP contribution in [0.25, 0.3) is 0 Å². The smallest absolute Gasteiger partial charge is 0.183 e. The molecule has 19 heavy (non-hydrogen) atoms. The first kappa shape index (κ1) is 13.9. The van der Waals surface area contributed by atoms with Crippen molar-refractivity contribution in [2.75, 3.05) is 7.05 Å². The van der Waals surface area contributed by atoms with Gasteiger partial charge >= 0.3 is 0 Å². The van der Waals surface area contributed by atoms with Crippen LogP contribution in [0.2, 0.25) is 5.02 Å². The van der Waals surface area contributed by atoms with Gasteiger partial charge in [0, 0.05) is 12.1 Å². The largest absolute Gasteiger partial charge is 0.483 e. The third-order valence-electron chi connectivity index (χ3n) is 2.72. The van der Waals surface area contributed by atoms with Crippen LogP contribution in [-0.2, 0) is 13.2 Å². The molecule has 0 saturated heterocycles. The van der Waals surface area contributed by atoms with E-state index >= 15 is 0 Å². The lowest BCUT2D eigenvalue weighted by atomic mass is 10.2. The summed E-state index contributed by atoms with van der Waals surface area (Å²) in [6.07, 6.45) is 0. The first-order valence-corrected chi connectivity index (χ1v) is 6.29. The van der Waals surface area contributed by atoms with Crippen molar-refractivity contribution >= 4 is 11.6 Å². The normalized spacial score (nSPS) is 10.7. The van der Waals surface area contributed by atoms with Crippen LogP contribution in [0.1, 0.15) is 17.1 Å². The van der Waals surface area contributed by atoms with Gasteiger partial charge in [-0.25, -0.2) is 4.39 Å². The molecule has 2 rings (SSSR count). The average Bonchev–Trinajstić information content (AvgIpc) is 2.73. The zero-order chi connectivity index (χ0) is 13.8. The average molecular weight is 284 g/mol. The molecule has 0 radical (unpaired) electrons. The van der Waals surface area contributed by atoms with Gasteiger partial charge in [0.25, 0.3) is 0 Å². The number of ether oxygens (including phenoxy) is 1. The molecule has 1 heterocycles. The zero-order valence-corrected chi connectivity index (χ0v) is 11.6. The summed E-state index contributed by atoms with van der Waals surface area (Å²) in [6.45, 7) is 2.78. The number of furan rings is 1. The first-order valence-electron chi connectivity index (χ1n) is 5.91. The molecule has 2 aromatic rings. The summed E-state index contributed by atoms with van der Waals surface area (Å²) in [6, 6.07) is 6.55. The second-order valence-electron chi connectivity index (χ2n) is 4.17. The summed E-state index contributed by atoms with van der Waals surface area (Å²) in [5.74, 6) is 1.06. The molecule has 102 valence electrons. The molecule has 3 nitrogen and oxygen atoms in total. The van der Waals surface area contributed by atoms with E-state index in [1.807, 2.05) is 20.0 Å². The molecule has 0 aliphatic heterocycles. The number of aryl methyl sites for hydroxylation is 1. The number of rotatable bonds is 5. The molecular formula is C14H15ClFNO2. The summed E-state index contributed by atoms with van der Waals surface area (Å²) < 4.78 is 24.5. The Bertz CT molecular complexity index is 569. The fourth-order valence-corrected chi connectivity index (χ4v) is 1.93. The van der Waals surface area contributed by atoms with Crippen molar-refractivity contribution in [1.82, 2.24) is 5.32 Å². The van der Waals surface area contributed by atoms with E-state index in [0.29, 0.717) is 5.76 Å². The second-order valence-corrected chi connectivity index (χ2v) is 4.57. The van der Waals surface area contributed by atoms with Gasteiger partial charge in [-0.15, -0.1) is 0 Å². The van der Waals surface area contributed by atoms with E-state index in [1.54, 1.807) is 6.07 Å². The Balaban J connectivity index is 2.06. The standard InChI is InChI=1S/C14H15ClFNO2/c1-9-10(7-17-2)6-11(19-9)8-18-13-5-3-4-12(15)14(13)16/h3-6,17H,7-8H2,1-2H3. The lowest BCUT2D eigenvalue weighted by Crippen LogP contribution is -2.04. The molecule has 0 unspecified atom stereocenters. The summed E-state index contributed by atoms with van der Waals surface area (Å²) in [7, 11) is 1.87. The van der Waals surface area contributed by atoms with Crippen LogP contribution < -0.4 is 10.1 Å². The van der Waals surface area contributed by atoms with Crippen LogP contribution in [-0.4, -0.2) is 7.05 Å². The van der Waals surface area contributed by atoms with Gasteiger partial charge in [-0.05, 0) is 32.2 Å². The van der Waals surface area contributed by atoms with Crippen molar-refractivity contribution in [1.29, 1.82) is 0 Å². The predicted molar refractivity (Wildman–Crippen MR) is 72.0 cm³/mol. The van der Waals surface area contributed by atoms with E-state index in [9.17, 15) is 4.39 Å². The molecule has 1 aromatic carbocycles. The molecule has 1 N–H and O–H groups in total. The Labute approximate surface area is 116 Å². The number of halogens is 2. The maximum atomic E-state index is 13.6. The highest BCUT2D eigenvalue weighted by Crippen LogP contribution is 2.25. The minimum absolute atomic E-state index is 0.0454. The number of benzene rings is 1. The summed E-state index contributed by atoms with van der Waals surface area (Å²) in [5, 5.41) is 3.10. The highest BCUT2D eigenvalue weighted by atomic mass is 35.5. The van der Waals surface area contributed by atoms with Gasteiger partial charge in [0.05, 0.1) is 5.02 Å². The van der Waals surface area contributed by atoms with Crippen molar-refractivity contribution in [2.24, 2.45) is 0 Å². The van der Waals surface area contributed by atoms with E-state index in [1.165, 1.54) is 12.1 Å². The SMILES string of the molecule is CNCc1cc(COc2cccc(Cl)c2F)oc1C. The highest BCUT2D eigenvalue weighted by molar-refractivity contribution is 6.30. The monoisotopic (exact) mass is 283 g/mol. The third kappa shape index (κ3) is 3.28. The van der Waals surface area contributed by atoms with Crippen molar-refractivity contribution in [3.63, 3.8) is 0 Å². The van der Waals surface area contributed by atoms with Crippen LogP contribution in [0.3, 0.4) is 0 Å². The maximum Gasteiger partial charge on any atom is 0.183 e. The van der Waals surface area contributed by atoms with E-state index in [0.717, 1.165) is 17.9 Å². The Kier molecular flexibility index (Phi) is 4.45. The van der Waals surface area contributed by atoms with Crippen LogP contribution in [0.15, 0.2) is 28.7 Å². The molecule has 0 spiro atoms. The maximum absolute atomic E-state index is 13.6. The molecule has 0 amide bonds. The van der Waals surface area contributed by atoms with Crippen LogP contribution in [0.5, 0.6) is 5.75 Å². The first-order chi connectivity index (χ1) is 9.11. The van der Waals surface area contributed by atoms with E-state index in [4.69, 9.17) is 20.8 Å². The van der Waals surface area contributed by atoms with E-state index in [2.05, 4.69) is 5.32 Å². The quantitative estimate of drug-likeness (QED) is 0.909. The van der Waals surface area contributed by atoms with E-state index in [-0.39, 0.29) is 17.4 Å². The summed E-state index contributed by atoms with van der Waals surface area (Å²) >= 11 is 5.68. The predicted octanol–water partition coefficient (Wildman–Crippen LogP) is 3.68. The van der Waals surface area contributed by atoms with Crippen LogP contribution in [0.4, 0.5) is 4.39 Å². The number of nitrogens with one attached hydrogen (secondary N) is 1. The summed E-state index contributed by atoms with van der Waals surface area (Å²) in [4.78, 5) is 0. The molecule has 0 fully saturated rings. The second kappa shape index (κ2) is 6.08. The van der Waals surface area contributed by atoms with Gasteiger partial charge in [0.15, 0.2) is 11.6 Å². The Hall–Kier alpha value is -1.52. The molecule has 1 aromatic heterocycles. The topological polar surface area (TPSA) is 34.4 Å². The highest BCUT2D eigenvalue weighted by Gasteiger charge is 2.10. The number of hydrogen-bond acceptors (Lipinski definition) is 3. The Morgan fingerprint density at radius 3 is 2.95 bits per heavy atom. The lowest BCUT2D eigenvalue weighted by molar-refractivity contribution is 0.256. The minimum Gasteiger partial charge on any atom is -0.483 e. The van der Waals surface area contributed by atoms with Crippen molar-refractivity contribution in [3.05, 3.63) is 52.2 Å². The van der Waals surface area contributed by atoms with Gasteiger partial charge in [0.1, 0.15) is 18.1 Å². The molecule has 0 atom stereocenters. The van der Waals surface area contributed by atoms with Gasteiger partial charge in [-0.2, -0.15) is 0 Å². The fourth-order valence-electron chi connectivity index (χ4n) is 1.77. The van der Waals surface area contributed by atoms with Gasteiger partial charge in [-0.3, -0.25) is 0 Å². The molecule has 0 saturated carbocycles. The van der Waals surface area contributed by atoms with E-state index < -0.39 is 5.82 Å². The zero-order valence-electron chi connectivity index (χ0n) is 10.8. The van der Waals surface area contributed by atoms with Crippen LogP contribution >= 0.6 is 11.6 Å². The van der Waals surface area contributed by atoms with Gasteiger partial charge in [-0.1, -0.05) is 17.7 Å². The van der Waals surface area contributed by atoms with Gasteiger partial charge in [0.2, 0.25) is 0 Å². The van der Waals surface area contributed by atoms with Crippen molar-refractivity contribution in [2.45, 2.75) is 20.1 Å². The third-order valence-corrected chi connectivity index (χ3v) is 3.02. The Morgan fingerprint density at radius 1 is 1.42 bits per heavy atom. The van der Waals surface area contributed by atoms with Crippen molar-refractivity contribution < 1.29 is 13.5 Å². The molecular weight excluding hydrogens is 269 g/mol. The van der Waals surface area contributed by atoms with Gasteiger partial charge < -0.3 is 14.5 Å². The fraction of sp³-hybridized carbons (Fsp3) is 0.286. The lowest BCUT2D eigenvalue weighted by Gasteiger charge is -2.05. The molecule has 0 aliphatic rings. The van der Waals surface area contributed by atoms with Crippen LogP contribution in [0, 0.1) is 12.7 Å². The summed E-state index contributed by atoms with van der Waals surface area (Å²) in [5.41, 5.74) is 1.06. The molecule has 0 aliphatic carbocycles. The number of hydrogen-bond donors (Lipinski definition) is 1. The Morgan fingerprint density at radius 2 is 2.21 bits per heavy atom. The molecule has 0 bridgehead atoms. The minimum atomic E-state index is -0.553. The molecule has 5 heteroatoms. The van der Waals surface area contributed by atoms with Crippen molar-refractivity contribution in [3.8, 4) is 5.75 Å².